The van der Waals surface area contributed by atoms with Crippen LogP contribution in [-0.4, -0.2) is 35.9 Å². The number of hydrogen-bond donors (Lipinski definition) is 0. The van der Waals surface area contributed by atoms with E-state index in [-0.39, 0.29) is 24.1 Å². The van der Waals surface area contributed by atoms with Crippen LogP contribution in [-0.2, 0) is 22.6 Å². The Morgan fingerprint density at radius 2 is 1.93 bits per heavy atom. The first kappa shape index (κ1) is 20.3. The standard InChI is InChI=1S/C23H24F2N2O3/c1-15-4-9-19-17(13-15)3-2-12-26(19)22(29)20-10-11-21(28)27(20)14-16-5-7-18(8-6-16)30-23(24)25/h4-9,13,20,23H,2-3,10-12,14H2,1H3. The number of carbonyl (C=O) groups is 2. The van der Waals surface area contributed by atoms with E-state index in [1.165, 1.54) is 23.3 Å². The molecule has 0 N–H and O–H groups in total. The molecule has 2 amide bonds. The molecule has 2 aromatic carbocycles. The Labute approximate surface area is 174 Å². The Morgan fingerprint density at radius 1 is 1.17 bits per heavy atom. The van der Waals surface area contributed by atoms with Crippen molar-refractivity contribution >= 4 is 17.5 Å². The molecule has 2 aromatic rings. The molecule has 158 valence electrons. The summed E-state index contributed by atoms with van der Waals surface area (Å²) >= 11 is 0. The molecule has 2 heterocycles. The van der Waals surface area contributed by atoms with Gasteiger partial charge in [-0.05, 0) is 55.5 Å². The summed E-state index contributed by atoms with van der Waals surface area (Å²) in [6.45, 7) is 0.0660. The summed E-state index contributed by atoms with van der Waals surface area (Å²) in [6.07, 6.45) is 2.66. The molecule has 2 aliphatic rings. The molecule has 5 nitrogen and oxygen atoms in total. The van der Waals surface area contributed by atoms with Gasteiger partial charge >= 0.3 is 6.61 Å². The van der Waals surface area contributed by atoms with Crippen molar-refractivity contribution < 1.29 is 23.1 Å². The third-order valence-corrected chi connectivity index (χ3v) is 5.73. The summed E-state index contributed by atoms with van der Waals surface area (Å²) in [6, 6.07) is 11.8. The van der Waals surface area contributed by atoms with Crippen molar-refractivity contribution in [2.75, 3.05) is 11.4 Å². The monoisotopic (exact) mass is 414 g/mol. The number of benzene rings is 2. The molecule has 0 aliphatic carbocycles. The van der Waals surface area contributed by atoms with E-state index in [1.54, 1.807) is 17.0 Å². The highest BCUT2D eigenvalue weighted by Gasteiger charge is 2.39. The number of carbonyl (C=O) groups excluding carboxylic acids is 2. The lowest BCUT2D eigenvalue weighted by Gasteiger charge is -2.34. The van der Waals surface area contributed by atoms with Crippen molar-refractivity contribution in [3.8, 4) is 5.75 Å². The quantitative estimate of drug-likeness (QED) is 0.741. The molecule has 0 bridgehead atoms. The number of anilines is 1. The van der Waals surface area contributed by atoms with Crippen LogP contribution in [0.1, 0.15) is 36.0 Å². The lowest BCUT2D eigenvalue weighted by atomic mass is 9.98. The van der Waals surface area contributed by atoms with E-state index in [1.807, 2.05) is 24.0 Å². The number of hydrogen-bond acceptors (Lipinski definition) is 3. The van der Waals surface area contributed by atoms with Crippen LogP contribution < -0.4 is 9.64 Å². The van der Waals surface area contributed by atoms with Gasteiger partial charge in [0.2, 0.25) is 11.8 Å². The largest absolute Gasteiger partial charge is 0.435 e. The lowest BCUT2D eigenvalue weighted by molar-refractivity contribution is -0.134. The maximum Gasteiger partial charge on any atom is 0.387 e. The number of ether oxygens (including phenoxy) is 1. The van der Waals surface area contributed by atoms with Gasteiger partial charge in [0.05, 0.1) is 0 Å². The Bertz CT molecular complexity index is 946. The van der Waals surface area contributed by atoms with Crippen molar-refractivity contribution in [3.05, 3.63) is 59.2 Å². The fourth-order valence-electron chi connectivity index (χ4n) is 4.30. The van der Waals surface area contributed by atoms with Gasteiger partial charge in [0.15, 0.2) is 0 Å². The van der Waals surface area contributed by atoms with Gasteiger partial charge in [0.1, 0.15) is 11.8 Å². The molecule has 7 heteroatoms. The van der Waals surface area contributed by atoms with Gasteiger partial charge in [-0.1, -0.05) is 29.8 Å². The molecule has 30 heavy (non-hydrogen) atoms. The van der Waals surface area contributed by atoms with Gasteiger partial charge in [0.25, 0.3) is 0 Å². The van der Waals surface area contributed by atoms with E-state index in [9.17, 15) is 18.4 Å². The smallest absolute Gasteiger partial charge is 0.387 e. The highest BCUT2D eigenvalue weighted by molar-refractivity contribution is 6.01. The molecular formula is C23H24F2N2O3. The van der Waals surface area contributed by atoms with E-state index >= 15 is 0 Å². The number of nitrogens with zero attached hydrogens (tertiary/aromatic N) is 2. The first-order valence-electron chi connectivity index (χ1n) is 10.2. The first-order valence-corrected chi connectivity index (χ1v) is 10.2. The minimum atomic E-state index is -2.88. The lowest BCUT2D eigenvalue weighted by Crippen LogP contribution is -2.48. The van der Waals surface area contributed by atoms with Crippen molar-refractivity contribution in [1.29, 1.82) is 0 Å². The third kappa shape index (κ3) is 4.15. The van der Waals surface area contributed by atoms with Gasteiger partial charge in [-0.3, -0.25) is 9.59 Å². The number of alkyl halides is 2. The van der Waals surface area contributed by atoms with Crippen molar-refractivity contribution in [3.63, 3.8) is 0 Å². The summed E-state index contributed by atoms with van der Waals surface area (Å²) in [4.78, 5) is 29.3. The second kappa shape index (κ2) is 8.42. The Hall–Kier alpha value is -2.96. The molecule has 0 aromatic heterocycles. The van der Waals surface area contributed by atoms with Gasteiger partial charge in [-0.2, -0.15) is 8.78 Å². The van der Waals surface area contributed by atoms with Crippen LogP contribution in [0.25, 0.3) is 0 Å². The Kier molecular flexibility index (Phi) is 5.70. The topological polar surface area (TPSA) is 49.9 Å². The summed E-state index contributed by atoms with van der Waals surface area (Å²) in [5, 5.41) is 0. The van der Waals surface area contributed by atoms with Gasteiger partial charge in [0, 0.05) is 25.2 Å². The zero-order valence-corrected chi connectivity index (χ0v) is 16.8. The normalized spacial score (nSPS) is 18.7. The van der Waals surface area contributed by atoms with Crippen molar-refractivity contribution in [2.45, 2.75) is 51.8 Å². The van der Waals surface area contributed by atoms with Crippen LogP contribution in [0.4, 0.5) is 14.5 Å². The maximum absolute atomic E-state index is 13.4. The molecule has 1 atom stereocenters. The van der Waals surface area contributed by atoms with E-state index in [0.29, 0.717) is 19.4 Å². The molecule has 1 saturated heterocycles. The molecule has 1 fully saturated rings. The summed E-state index contributed by atoms with van der Waals surface area (Å²) in [7, 11) is 0. The molecule has 4 rings (SSSR count). The highest BCUT2D eigenvalue weighted by atomic mass is 19.3. The number of rotatable bonds is 5. The minimum Gasteiger partial charge on any atom is -0.435 e. The number of aryl methyl sites for hydroxylation is 2. The zero-order chi connectivity index (χ0) is 21.3. The first-order chi connectivity index (χ1) is 14.4. The van der Waals surface area contributed by atoms with Crippen LogP contribution in [0.15, 0.2) is 42.5 Å². The number of likely N-dealkylation sites (tertiary alicyclic amines) is 1. The van der Waals surface area contributed by atoms with Crippen LogP contribution >= 0.6 is 0 Å². The van der Waals surface area contributed by atoms with Crippen LogP contribution in [0.5, 0.6) is 5.75 Å². The Balaban J connectivity index is 1.51. The average Bonchev–Trinajstić information content (AvgIpc) is 3.08. The van der Waals surface area contributed by atoms with E-state index in [2.05, 4.69) is 10.8 Å². The molecule has 0 spiro atoms. The second-order valence-corrected chi connectivity index (χ2v) is 7.82. The van der Waals surface area contributed by atoms with E-state index in [4.69, 9.17) is 0 Å². The number of amides is 2. The predicted octanol–water partition coefficient (Wildman–Crippen LogP) is 4.07. The maximum atomic E-state index is 13.4. The number of fused-ring (bicyclic) bond motifs is 1. The number of halogens is 2. The molecule has 1 unspecified atom stereocenters. The zero-order valence-electron chi connectivity index (χ0n) is 16.8. The van der Waals surface area contributed by atoms with E-state index in [0.717, 1.165) is 24.1 Å². The van der Waals surface area contributed by atoms with Gasteiger partial charge < -0.3 is 14.5 Å². The molecule has 2 aliphatic heterocycles. The van der Waals surface area contributed by atoms with E-state index < -0.39 is 12.7 Å². The van der Waals surface area contributed by atoms with Gasteiger partial charge in [-0.15, -0.1) is 0 Å². The summed E-state index contributed by atoms with van der Waals surface area (Å²) in [5.74, 6) is -0.0555. The van der Waals surface area contributed by atoms with Gasteiger partial charge in [-0.25, -0.2) is 0 Å². The van der Waals surface area contributed by atoms with Crippen molar-refractivity contribution in [2.24, 2.45) is 0 Å². The molecule has 0 saturated carbocycles. The molecule has 0 radical (unpaired) electrons. The highest BCUT2D eigenvalue weighted by Crippen LogP contribution is 2.31. The molecular weight excluding hydrogens is 390 g/mol. The second-order valence-electron chi connectivity index (χ2n) is 7.82. The summed E-state index contributed by atoms with van der Waals surface area (Å²) < 4.78 is 29.0. The van der Waals surface area contributed by atoms with Crippen LogP contribution in [0.3, 0.4) is 0 Å². The van der Waals surface area contributed by atoms with Crippen LogP contribution in [0.2, 0.25) is 0 Å². The predicted molar refractivity (Wildman–Crippen MR) is 108 cm³/mol. The SMILES string of the molecule is Cc1ccc2c(c1)CCCN2C(=O)C1CCC(=O)N1Cc1ccc(OC(F)F)cc1. The third-order valence-electron chi connectivity index (χ3n) is 5.73. The summed E-state index contributed by atoms with van der Waals surface area (Å²) in [5.41, 5.74) is 4.03. The Morgan fingerprint density at radius 3 is 2.67 bits per heavy atom. The van der Waals surface area contributed by atoms with Crippen LogP contribution in [0, 0.1) is 6.92 Å². The fourth-order valence-corrected chi connectivity index (χ4v) is 4.30. The minimum absolute atomic E-state index is 0.0525. The van der Waals surface area contributed by atoms with Crippen molar-refractivity contribution in [1.82, 2.24) is 4.90 Å². The average molecular weight is 414 g/mol. The fraction of sp³-hybridized carbons (Fsp3) is 0.391.